The minimum Gasteiger partial charge on any atom is -0.298 e. The number of hydrogen-bond donors (Lipinski definition) is 0. The number of aryl methyl sites for hydroxylation is 1. The number of carbonyl (C=O) groups is 2. The molecule has 4 heteroatoms. The summed E-state index contributed by atoms with van der Waals surface area (Å²) >= 11 is 1.42. The number of thiazole rings is 1. The average Bonchev–Trinajstić information content (AvgIpc) is 2.68. The Hall–Kier alpha value is -1.03. The summed E-state index contributed by atoms with van der Waals surface area (Å²) in [7, 11) is 0. The minimum atomic E-state index is -0.912. The highest BCUT2D eigenvalue weighted by atomic mass is 32.1. The number of Topliss-reactive ketones (excluding diaryl/α,β-unsaturated/α-hetero) is 2. The molecule has 1 aromatic rings. The summed E-state index contributed by atoms with van der Waals surface area (Å²) in [6.45, 7) is 3.47. The molecule has 0 N–H and O–H groups in total. The van der Waals surface area contributed by atoms with Crippen LogP contribution in [0.2, 0.25) is 0 Å². The van der Waals surface area contributed by atoms with E-state index < -0.39 is 18.2 Å². The second-order valence-corrected chi connectivity index (χ2v) is 4.55. The summed E-state index contributed by atoms with van der Waals surface area (Å²) in [6.07, 6.45) is -0.912. The molecule has 1 aromatic heterocycles. The van der Waals surface area contributed by atoms with E-state index in [0.717, 1.165) is 5.01 Å². The molecule has 1 heterocycles. The van der Waals surface area contributed by atoms with Crippen LogP contribution in [0.25, 0.3) is 0 Å². The van der Waals surface area contributed by atoms with Crippen LogP contribution in [0.4, 0.5) is 0 Å². The molecule has 3 unspecified atom stereocenters. The van der Waals surface area contributed by atoms with Gasteiger partial charge in [0.2, 0.25) is 0 Å². The molecular formula is C10H11NO2S. The van der Waals surface area contributed by atoms with Crippen molar-refractivity contribution in [2.75, 3.05) is 0 Å². The van der Waals surface area contributed by atoms with Crippen molar-refractivity contribution in [3.8, 4) is 0 Å². The third-order valence-electron chi connectivity index (χ3n) is 2.36. The van der Waals surface area contributed by atoms with Crippen LogP contribution in [0, 0.1) is 12.8 Å². The summed E-state index contributed by atoms with van der Waals surface area (Å²) < 4.78 is 7.57. The van der Waals surface area contributed by atoms with Crippen LogP contribution < -0.4 is 0 Å². The summed E-state index contributed by atoms with van der Waals surface area (Å²) in [5, 5.41) is 2.58. The average molecular weight is 210 g/mol. The molecule has 2 rings (SSSR count). The maximum atomic E-state index is 11.8. The van der Waals surface area contributed by atoms with Crippen LogP contribution in [0.3, 0.4) is 0 Å². The van der Waals surface area contributed by atoms with Gasteiger partial charge in [-0.3, -0.25) is 9.59 Å². The van der Waals surface area contributed by atoms with Gasteiger partial charge >= 0.3 is 0 Å². The number of ketones is 2. The van der Waals surface area contributed by atoms with Crippen molar-refractivity contribution in [3.63, 3.8) is 0 Å². The van der Waals surface area contributed by atoms with E-state index in [4.69, 9.17) is 1.37 Å². The fourth-order valence-electron chi connectivity index (χ4n) is 1.63. The predicted molar refractivity (Wildman–Crippen MR) is 53.4 cm³/mol. The topological polar surface area (TPSA) is 47.0 Å². The quantitative estimate of drug-likeness (QED) is 0.663. The van der Waals surface area contributed by atoms with Gasteiger partial charge in [-0.1, -0.05) is 6.92 Å². The molecule has 0 radical (unpaired) electrons. The molecule has 1 aliphatic carbocycles. The van der Waals surface area contributed by atoms with E-state index in [0.29, 0.717) is 5.69 Å². The number of nitrogens with zero attached hydrogens (tertiary/aromatic N) is 1. The lowest BCUT2D eigenvalue weighted by Gasteiger charge is -2.02. The summed E-state index contributed by atoms with van der Waals surface area (Å²) in [5.74, 6) is -1.75. The normalized spacial score (nSPS) is 33.6. The molecule has 74 valence electrons. The van der Waals surface area contributed by atoms with E-state index in [2.05, 4.69) is 4.98 Å². The Balaban J connectivity index is 2.38. The first-order valence-corrected chi connectivity index (χ1v) is 5.32. The van der Waals surface area contributed by atoms with Gasteiger partial charge in [0.25, 0.3) is 0 Å². The van der Waals surface area contributed by atoms with Gasteiger partial charge in [-0.25, -0.2) is 4.98 Å². The van der Waals surface area contributed by atoms with E-state index in [1.54, 1.807) is 12.3 Å². The first kappa shape index (κ1) is 8.29. The van der Waals surface area contributed by atoms with Gasteiger partial charge in [0.1, 0.15) is 11.7 Å². The SMILES string of the molecule is [2H]C1C(=O)C(c2csc(C)n2)C(=O)C1C. The highest BCUT2D eigenvalue weighted by Gasteiger charge is 2.40. The molecule has 3 nitrogen and oxygen atoms in total. The van der Waals surface area contributed by atoms with Crippen molar-refractivity contribution in [1.29, 1.82) is 0 Å². The van der Waals surface area contributed by atoms with Crippen molar-refractivity contribution in [2.24, 2.45) is 5.92 Å². The van der Waals surface area contributed by atoms with Gasteiger partial charge in [0.05, 0.1) is 10.7 Å². The summed E-state index contributed by atoms with van der Waals surface area (Å²) in [6, 6.07) is 0. The van der Waals surface area contributed by atoms with E-state index in [1.807, 2.05) is 6.92 Å². The lowest BCUT2D eigenvalue weighted by molar-refractivity contribution is -0.124. The second kappa shape index (κ2) is 3.28. The Bertz CT molecular complexity index is 409. The smallest absolute Gasteiger partial charge is 0.152 e. The van der Waals surface area contributed by atoms with Crippen molar-refractivity contribution < 1.29 is 11.0 Å². The lowest BCUT2D eigenvalue weighted by atomic mass is 10.0. The van der Waals surface area contributed by atoms with Crippen molar-refractivity contribution in [2.45, 2.75) is 26.2 Å². The third-order valence-corrected chi connectivity index (χ3v) is 3.16. The van der Waals surface area contributed by atoms with Gasteiger partial charge in [0, 0.05) is 19.1 Å². The van der Waals surface area contributed by atoms with Gasteiger partial charge < -0.3 is 0 Å². The predicted octanol–water partition coefficient (Wildman–Crippen LogP) is 1.71. The van der Waals surface area contributed by atoms with Crippen LogP contribution in [-0.2, 0) is 9.59 Å². The molecule has 1 saturated carbocycles. The highest BCUT2D eigenvalue weighted by molar-refractivity contribution is 7.09. The van der Waals surface area contributed by atoms with Gasteiger partial charge in [-0.05, 0) is 6.92 Å². The molecule has 0 saturated heterocycles. The van der Waals surface area contributed by atoms with Crippen LogP contribution in [0.1, 0.15) is 31.3 Å². The van der Waals surface area contributed by atoms with Crippen LogP contribution in [0.15, 0.2) is 5.38 Å². The Morgan fingerprint density at radius 3 is 2.79 bits per heavy atom. The molecule has 0 spiro atoms. The molecule has 0 aliphatic heterocycles. The molecule has 1 fully saturated rings. The number of rotatable bonds is 1. The first-order chi connectivity index (χ1) is 7.02. The third kappa shape index (κ3) is 1.39. The maximum Gasteiger partial charge on any atom is 0.152 e. The second-order valence-electron chi connectivity index (χ2n) is 3.48. The number of hydrogen-bond acceptors (Lipinski definition) is 4. The highest BCUT2D eigenvalue weighted by Crippen LogP contribution is 2.32. The van der Waals surface area contributed by atoms with Crippen LogP contribution in [-0.4, -0.2) is 16.6 Å². The number of aromatic nitrogens is 1. The Morgan fingerprint density at radius 1 is 1.64 bits per heavy atom. The molecule has 0 bridgehead atoms. The number of carbonyl (C=O) groups excluding carboxylic acids is 2. The van der Waals surface area contributed by atoms with E-state index in [1.165, 1.54) is 11.3 Å². The van der Waals surface area contributed by atoms with E-state index >= 15 is 0 Å². The van der Waals surface area contributed by atoms with E-state index in [9.17, 15) is 9.59 Å². The van der Waals surface area contributed by atoms with Crippen molar-refractivity contribution in [3.05, 3.63) is 16.1 Å². The van der Waals surface area contributed by atoms with Gasteiger partial charge in [-0.2, -0.15) is 0 Å². The standard InChI is InChI=1S/C10H11NO2S/c1-5-3-8(12)9(10(5)13)7-4-14-6(2)11-7/h4-5,9H,3H2,1-2H3/i3D. The fourth-order valence-corrected chi connectivity index (χ4v) is 2.27. The monoisotopic (exact) mass is 210 g/mol. The first-order valence-electron chi connectivity index (χ1n) is 5.02. The Morgan fingerprint density at radius 2 is 2.36 bits per heavy atom. The molecule has 1 aliphatic rings. The van der Waals surface area contributed by atoms with Crippen molar-refractivity contribution >= 4 is 22.9 Å². The Labute approximate surface area is 87.6 Å². The van der Waals surface area contributed by atoms with E-state index in [-0.39, 0.29) is 11.6 Å². The summed E-state index contributed by atoms with van der Waals surface area (Å²) in [4.78, 5) is 27.6. The molecule has 0 aromatic carbocycles. The molecular weight excluding hydrogens is 198 g/mol. The molecule has 0 amide bonds. The van der Waals surface area contributed by atoms with Crippen LogP contribution in [0.5, 0.6) is 0 Å². The fraction of sp³-hybridized carbons (Fsp3) is 0.500. The lowest BCUT2D eigenvalue weighted by Crippen LogP contribution is -2.14. The van der Waals surface area contributed by atoms with Crippen molar-refractivity contribution in [1.82, 2.24) is 4.98 Å². The maximum absolute atomic E-state index is 11.8. The summed E-state index contributed by atoms with van der Waals surface area (Å²) in [5.41, 5.74) is 0.522. The minimum absolute atomic E-state index is 0.162. The zero-order chi connectivity index (χ0) is 11.2. The largest absolute Gasteiger partial charge is 0.298 e. The van der Waals surface area contributed by atoms with Gasteiger partial charge in [-0.15, -0.1) is 11.3 Å². The molecule has 3 atom stereocenters. The Kier molecular flexibility index (Phi) is 1.94. The van der Waals surface area contributed by atoms with Gasteiger partial charge in [0.15, 0.2) is 5.78 Å². The molecule has 14 heavy (non-hydrogen) atoms. The van der Waals surface area contributed by atoms with Crippen LogP contribution >= 0.6 is 11.3 Å². The zero-order valence-electron chi connectivity index (χ0n) is 8.98. The zero-order valence-corrected chi connectivity index (χ0v) is 8.80.